The van der Waals surface area contributed by atoms with E-state index in [0.29, 0.717) is 4.90 Å². The number of rotatable bonds is 7. The van der Waals surface area contributed by atoms with Crippen molar-refractivity contribution in [1.82, 2.24) is 9.55 Å². The van der Waals surface area contributed by atoms with Gasteiger partial charge in [0.2, 0.25) is 0 Å². The third kappa shape index (κ3) is 5.13. The van der Waals surface area contributed by atoms with Crippen molar-refractivity contribution in [3.63, 3.8) is 0 Å². The van der Waals surface area contributed by atoms with E-state index in [1.807, 2.05) is 47.2 Å². The van der Waals surface area contributed by atoms with E-state index >= 15 is 0 Å². The molecule has 4 nitrogen and oxygen atoms in total. The van der Waals surface area contributed by atoms with Crippen molar-refractivity contribution < 1.29 is 8.42 Å². The monoisotopic (exact) mass is 406 g/mol. The molecule has 136 valence electrons. The Morgan fingerprint density at radius 1 is 1.12 bits per heavy atom. The predicted molar refractivity (Wildman–Crippen MR) is 107 cm³/mol. The third-order valence-electron chi connectivity index (χ3n) is 3.98. The number of hydrogen-bond donors (Lipinski definition) is 0. The lowest BCUT2D eigenvalue weighted by Crippen LogP contribution is -2.06. The molecule has 0 radical (unpaired) electrons. The van der Waals surface area contributed by atoms with Crippen LogP contribution in [0.2, 0.25) is 5.02 Å². The first-order valence-electron chi connectivity index (χ1n) is 8.03. The average Bonchev–Trinajstić information content (AvgIpc) is 3.12. The first kappa shape index (κ1) is 19.0. The molecule has 0 aliphatic heterocycles. The van der Waals surface area contributed by atoms with E-state index in [9.17, 15) is 8.42 Å². The summed E-state index contributed by atoms with van der Waals surface area (Å²) in [6, 6.07) is 15.0. The van der Waals surface area contributed by atoms with Gasteiger partial charge in [0.1, 0.15) is 0 Å². The highest BCUT2D eigenvalue weighted by molar-refractivity contribution is 7.98. The number of nitrogens with zero attached hydrogens (tertiary/aromatic N) is 2. The van der Waals surface area contributed by atoms with Crippen LogP contribution in [0.15, 0.2) is 72.1 Å². The van der Waals surface area contributed by atoms with Gasteiger partial charge in [0.15, 0.2) is 9.84 Å². The minimum atomic E-state index is -3.19. The Hall–Kier alpha value is -1.76. The van der Waals surface area contributed by atoms with Crippen LogP contribution in [0.5, 0.6) is 0 Å². The van der Waals surface area contributed by atoms with E-state index in [0.717, 1.165) is 22.9 Å². The van der Waals surface area contributed by atoms with Crippen LogP contribution in [0.25, 0.3) is 0 Å². The van der Waals surface area contributed by atoms with Crippen LogP contribution in [-0.4, -0.2) is 24.2 Å². The van der Waals surface area contributed by atoms with E-state index in [1.54, 1.807) is 36.4 Å². The van der Waals surface area contributed by atoms with E-state index in [1.165, 1.54) is 11.8 Å². The highest BCUT2D eigenvalue weighted by Gasteiger charge is 2.15. The largest absolute Gasteiger partial charge is 0.336 e. The summed E-state index contributed by atoms with van der Waals surface area (Å²) in [5.74, 6) is 0.838. The summed E-state index contributed by atoms with van der Waals surface area (Å²) in [6.45, 7) is 0.760. The summed E-state index contributed by atoms with van der Waals surface area (Å²) in [6.07, 6.45) is 6.70. The number of imidazole rings is 1. The molecule has 3 rings (SSSR count). The molecule has 1 heterocycles. The topological polar surface area (TPSA) is 52.0 Å². The molecule has 0 aliphatic rings. The van der Waals surface area contributed by atoms with Gasteiger partial charge in [-0.1, -0.05) is 35.9 Å². The number of sulfone groups is 1. The number of benzene rings is 2. The molecule has 2 aromatic carbocycles. The fourth-order valence-corrected chi connectivity index (χ4v) is 4.52. The Labute approximate surface area is 163 Å². The van der Waals surface area contributed by atoms with E-state index in [-0.39, 0.29) is 5.25 Å². The van der Waals surface area contributed by atoms with E-state index in [4.69, 9.17) is 11.6 Å². The van der Waals surface area contributed by atoms with Gasteiger partial charge in [-0.25, -0.2) is 13.4 Å². The molecule has 0 N–H and O–H groups in total. The summed E-state index contributed by atoms with van der Waals surface area (Å²) in [4.78, 5) is 4.44. The van der Waals surface area contributed by atoms with Gasteiger partial charge in [0.05, 0.1) is 11.2 Å². The average molecular weight is 407 g/mol. The molecule has 0 spiro atoms. The minimum absolute atomic E-state index is 0.175. The summed E-state index contributed by atoms with van der Waals surface area (Å²) in [7, 11) is -3.19. The van der Waals surface area contributed by atoms with Crippen molar-refractivity contribution in [3.8, 4) is 0 Å². The third-order valence-corrected chi connectivity index (χ3v) is 6.68. The van der Waals surface area contributed by atoms with E-state index in [2.05, 4.69) is 4.98 Å². The molecular weight excluding hydrogens is 388 g/mol. The molecule has 0 saturated carbocycles. The second-order valence-corrected chi connectivity index (χ2v) is 9.67. The molecule has 1 aromatic heterocycles. The predicted octanol–water partition coefficient (Wildman–Crippen LogP) is 4.61. The maximum absolute atomic E-state index is 11.7. The van der Waals surface area contributed by atoms with Crippen LogP contribution < -0.4 is 0 Å². The van der Waals surface area contributed by atoms with Crippen LogP contribution in [0, 0.1) is 0 Å². The molecule has 3 aromatic rings. The lowest BCUT2D eigenvalue weighted by Gasteiger charge is -2.18. The van der Waals surface area contributed by atoms with Gasteiger partial charge in [0.25, 0.3) is 0 Å². The Morgan fingerprint density at radius 3 is 2.38 bits per heavy atom. The van der Waals surface area contributed by atoms with Crippen molar-refractivity contribution in [1.29, 1.82) is 0 Å². The normalized spacial score (nSPS) is 12.8. The maximum Gasteiger partial charge on any atom is 0.175 e. The quantitative estimate of drug-likeness (QED) is 0.574. The molecule has 7 heteroatoms. The molecule has 0 saturated heterocycles. The van der Waals surface area contributed by atoms with Gasteiger partial charge in [-0.3, -0.25) is 0 Å². The van der Waals surface area contributed by atoms with Crippen molar-refractivity contribution in [3.05, 3.63) is 83.4 Å². The lowest BCUT2D eigenvalue weighted by molar-refractivity contribution is 0.602. The van der Waals surface area contributed by atoms with Crippen LogP contribution in [0.3, 0.4) is 0 Å². The zero-order chi connectivity index (χ0) is 18.6. The molecule has 26 heavy (non-hydrogen) atoms. The van der Waals surface area contributed by atoms with E-state index < -0.39 is 9.84 Å². The van der Waals surface area contributed by atoms with Crippen LogP contribution in [0.4, 0.5) is 0 Å². The fraction of sp³-hybridized carbons (Fsp3) is 0.211. The number of thioether (sulfide) groups is 1. The summed E-state index contributed by atoms with van der Waals surface area (Å²) >= 11 is 7.75. The molecule has 0 fully saturated rings. The molecule has 1 unspecified atom stereocenters. The Kier molecular flexibility index (Phi) is 6.06. The van der Waals surface area contributed by atoms with Gasteiger partial charge in [-0.05, 0) is 35.4 Å². The highest BCUT2D eigenvalue weighted by Crippen LogP contribution is 2.34. The summed E-state index contributed by atoms with van der Waals surface area (Å²) in [5, 5.41) is 0.901. The Morgan fingerprint density at radius 2 is 1.81 bits per heavy atom. The van der Waals surface area contributed by atoms with Crippen molar-refractivity contribution in [2.45, 2.75) is 22.4 Å². The number of halogens is 1. The molecular formula is C19H19ClN2O2S2. The molecule has 0 amide bonds. The zero-order valence-corrected chi connectivity index (χ0v) is 16.6. The van der Waals surface area contributed by atoms with Gasteiger partial charge in [-0.15, -0.1) is 11.8 Å². The van der Waals surface area contributed by atoms with Crippen molar-refractivity contribution in [2.75, 3.05) is 6.26 Å². The molecule has 1 atom stereocenters. The Bertz CT molecular complexity index is 938. The molecule has 0 aliphatic carbocycles. The van der Waals surface area contributed by atoms with Crippen LogP contribution in [-0.2, 0) is 22.1 Å². The van der Waals surface area contributed by atoms with Gasteiger partial charge < -0.3 is 4.57 Å². The summed E-state index contributed by atoms with van der Waals surface area (Å²) in [5.41, 5.74) is 2.29. The second kappa shape index (κ2) is 8.29. The standard InChI is InChI=1S/C19H19ClN2O2S2/c1-26(23,24)18-8-4-16(5-9-18)19(12-22-11-10-21-14-22)25-13-15-2-6-17(20)7-3-15/h2-11,14,19H,12-13H2,1H3. The maximum atomic E-state index is 11.7. The van der Waals surface area contributed by atoms with Gasteiger partial charge in [-0.2, -0.15) is 0 Å². The second-order valence-electron chi connectivity index (χ2n) is 6.03. The zero-order valence-electron chi connectivity index (χ0n) is 14.2. The fourth-order valence-electron chi connectivity index (χ4n) is 2.55. The lowest BCUT2D eigenvalue weighted by atomic mass is 10.1. The SMILES string of the molecule is CS(=O)(=O)c1ccc(C(Cn2ccnc2)SCc2ccc(Cl)cc2)cc1. The molecule has 0 bridgehead atoms. The smallest absolute Gasteiger partial charge is 0.175 e. The highest BCUT2D eigenvalue weighted by atomic mass is 35.5. The first-order chi connectivity index (χ1) is 12.4. The Balaban J connectivity index is 1.79. The van der Waals surface area contributed by atoms with Gasteiger partial charge in [0, 0.05) is 41.2 Å². The summed E-state index contributed by atoms with van der Waals surface area (Å²) < 4.78 is 25.4. The van der Waals surface area contributed by atoms with Crippen molar-refractivity contribution in [2.24, 2.45) is 0 Å². The van der Waals surface area contributed by atoms with Crippen LogP contribution >= 0.6 is 23.4 Å². The number of hydrogen-bond acceptors (Lipinski definition) is 4. The first-order valence-corrected chi connectivity index (χ1v) is 11.4. The van der Waals surface area contributed by atoms with Gasteiger partial charge >= 0.3 is 0 Å². The van der Waals surface area contributed by atoms with Crippen LogP contribution in [0.1, 0.15) is 16.4 Å². The number of aromatic nitrogens is 2. The van der Waals surface area contributed by atoms with Crippen molar-refractivity contribution >= 4 is 33.2 Å². The minimum Gasteiger partial charge on any atom is -0.336 e.